The molecular weight excluding hydrogens is 408 g/mol. The molecular formula is C23H26N6O3. The molecule has 32 heavy (non-hydrogen) atoms. The number of benzene rings is 1. The maximum absolute atomic E-state index is 6.04. The van der Waals surface area contributed by atoms with Gasteiger partial charge in [-0.25, -0.2) is 15.0 Å². The van der Waals surface area contributed by atoms with Gasteiger partial charge in [0.2, 0.25) is 5.88 Å². The SMILES string of the molecule is COc1cc2c(Oc3cnc4[nH]ccc4c3)ncnc2cc1OCCCC1CNCCN1. The van der Waals surface area contributed by atoms with Crippen LogP contribution in [0.3, 0.4) is 0 Å². The summed E-state index contributed by atoms with van der Waals surface area (Å²) in [5, 5.41) is 8.63. The lowest BCUT2D eigenvalue weighted by Gasteiger charge is -2.24. The summed E-state index contributed by atoms with van der Waals surface area (Å²) in [6.45, 7) is 3.66. The third kappa shape index (κ3) is 4.44. The Bertz CT molecular complexity index is 1210. The first-order valence-electron chi connectivity index (χ1n) is 10.8. The van der Waals surface area contributed by atoms with Gasteiger partial charge in [-0.2, -0.15) is 0 Å². The van der Waals surface area contributed by atoms with E-state index in [9.17, 15) is 0 Å². The van der Waals surface area contributed by atoms with E-state index in [1.54, 1.807) is 13.3 Å². The fourth-order valence-corrected chi connectivity index (χ4v) is 3.91. The van der Waals surface area contributed by atoms with E-state index >= 15 is 0 Å². The molecule has 4 aromatic rings. The monoisotopic (exact) mass is 434 g/mol. The number of aromatic amines is 1. The summed E-state index contributed by atoms with van der Waals surface area (Å²) in [5.74, 6) is 2.32. The van der Waals surface area contributed by atoms with Crippen LogP contribution in [0.25, 0.3) is 21.9 Å². The van der Waals surface area contributed by atoms with E-state index in [1.165, 1.54) is 6.33 Å². The van der Waals surface area contributed by atoms with Crippen molar-refractivity contribution in [2.45, 2.75) is 18.9 Å². The second kappa shape index (κ2) is 9.37. The molecule has 1 atom stereocenters. The Morgan fingerprint density at radius 2 is 2.06 bits per heavy atom. The maximum atomic E-state index is 6.04. The Labute approximate surface area is 185 Å². The van der Waals surface area contributed by atoms with Crippen molar-refractivity contribution < 1.29 is 14.2 Å². The number of nitrogens with one attached hydrogen (secondary N) is 3. The number of methoxy groups -OCH3 is 1. The minimum absolute atomic E-state index is 0.437. The molecule has 3 N–H and O–H groups in total. The van der Waals surface area contributed by atoms with Crippen LogP contribution in [-0.2, 0) is 0 Å². The second-order valence-corrected chi connectivity index (χ2v) is 7.73. The van der Waals surface area contributed by atoms with Crippen molar-refractivity contribution in [1.82, 2.24) is 30.6 Å². The number of rotatable bonds is 8. The number of pyridine rings is 1. The molecule has 166 valence electrons. The molecule has 3 aromatic heterocycles. The zero-order valence-electron chi connectivity index (χ0n) is 17.9. The number of piperazine rings is 1. The first kappa shape index (κ1) is 20.5. The third-order valence-electron chi connectivity index (χ3n) is 5.55. The molecule has 0 spiro atoms. The fourth-order valence-electron chi connectivity index (χ4n) is 3.91. The van der Waals surface area contributed by atoms with Gasteiger partial charge in [-0.15, -0.1) is 0 Å². The van der Waals surface area contributed by atoms with Crippen LogP contribution in [0.2, 0.25) is 0 Å². The molecule has 1 aliphatic rings. The van der Waals surface area contributed by atoms with Crippen LogP contribution in [0.15, 0.2) is 43.0 Å². The summed E-state index contributed by atoms with van der Waals surface area (Å²) in [5.41, 5.74) is 1.53. The lowest BCUT2D eigenvalue weighted by atomic mass is 10.1. The summed E-state index contributed by atoms with van der Waals surface area (Å²) >= 11 is 0. The van der Waals surface area contributed by atoms with Crippen molar-refractivity contribution in [3.8, 4) is 23.1 Å². The minimum Gasteiger partial charge on any atom is -0.493 e. The topological polar surface area (TPSA) is 106 Å². The van der Waals surface area contributed by atoms with Crippen LogP contribution in [0.4, 0.5) is 0 Å². The molecule has 0 amide bonds. The lowest BCUT2D eigenvalue weighted by Crippen LogP contribution is -2.48. The van der Waals surface area contributed by atoms with Crippen molar-refractivity contribution in [1.29, 1.82) is 0 Å². The highest BCUT2D eigenvalue weighted by atomic mass is 16.5. The van der Waals surface area contributed by atoms with Crippen LogP contribution < -0.4 is 24.8 Å². The van der Waals surface area contributed by atoms with E-state index < -0.39 is 0 Å². The highest BCUT2D eigenvalue weighted by Crippen LogP contribution is 2.36. The van der Waals surface area contributed by atoms with Gasteiger partial charge < -0.3 is 29.8 Å². The van der Waals surface area contributed by atoms with Crippen LogP contribution >= 0.6 is 0 Å². The molecule has 5 rings (SSSR count). The molecule has 0 saturated carbocycles. The van der Waals surface area contributed by atoms with E-state index in [4.69, 9.17) is 14.2 Å². The molecule has 9 nitrogen and oxygen atoms in total. The van der Waals surface area contributed by atoms with Crippen molar-refractivity contribution in [3.63, 3.8) is 0 Å². The molecule has 1 fully saturated rings. The summed E-state index contributed by atoms with van der Waals surface area (Å²) < 4.78 is 17.7. The summed E-state index contributed by atoms with van der Waals surface area (Å²) in [7, 11) is 1.62. The minimum atomic E-state index is 0.437. The van der Waals surface area contributed by atoms with Crippen molar-refractivity contribution in [2.75, 3.05) is 33.4 Å². The predicted octanol–water partition coefficient (Wildman–Crippen LogP) is 3.03. The number of ether oxygens (including phenoxy) is 3. The molecule has 1 aromatic carbocycles. The van der Waals surface area contributed by atoms with Gasteiger partial charge in [-0.1, -0.05) is 0 Å². The van der Waals surface area contributed by atoms with Gasteiger partial charge in [0.1, 0.15) is 17.7 Å². The second-order valence-electron chi connectivity index (χ2n) is 7.73. The van der Waals surface area contributed by atoms with Crippen LogP contribution in [0.5, 0.6) is 23.1 Å². The molecule has 0 aliphatic carbocycles. The van der Waals surface area contributed by atoms with Gasteiger partial charge in [-0.05, 0) is 31.0 Å². The fraction of sp³-hybridized carbons (Fsp3) is 0.348. The first-order chi connectivity index (χ1) is 15.8. The Morgan fingerprint density at radius 3 is 2.94 bits per heavy atom. The normalized spacial score (nSPS) is 16.3. The predicted molar refractivity (Wildman–Crippen MR) is 122 cm³/mol. The van der Waals surface area contributed by atoms with Gasteiger partial charge in [0.05, 0.1) is 30.8 Å². The maximum Gasteiger partial charge on any atom is 0.230 e. The summed E-state index contributed by atoms with van der Waals surface area (Å²) in [6.07, 6.45) is 7.00. The van der Waals surface area contributed by atoms with Crippen molar-refractivity contribution >= 4 is 21.9 Å². The average molecular weight is 435 g/mol. The standard InChI is InChI=1S/C23H26N6O3/c1-30-20-10-18-19(11-21(20)31-8-2-3-16-12-24-6-7-25-16)28-14-29-23(18)32-17-9-15-4-5-26-22(15)27-13-17/h4-5,9-11,13-14,16,24-25H,2-3,6-8,12H2,1H3,(H,26,27). The number of nitrogens with zero attached hydrogens (tertiary/aromatic N) is 3. The van der Waals surface area contributed by atoms with Gasteiger partial charge in [-0.3, -0.25) is 0 Å². The van der Waals surface area contributed by atoms with Gasteiger partial charge in [0.25, 0.3) is 0 Å². The van der Waals surface area contributed by atoms with Gasteiger partial charge in [0, 0.05) is 43.3 Å². The average Bonchev–Trinajstić information content (AvgIpc) is 3.30. The van der Waals surface area contributed by atoms with E-state index in [-0.39, 0.29) is 0 Å². The van der Waals surface area contributed by atoms with Gasteiger partial charge in [0.15, 0.2) is 11.5 Å². The smallest absolute Gasteiger partial charge is 0.230 e. The summed E-state index contributed by atoms with van der Waals surface area (Å²) in [6, 6.07) is 8.09. The number of aromatic nitrogens is 4. The number of H-pyrrole nitrogens is 1. The van der Waals surface area contributed by atoms with E-state index in [0.717, 1.165) is 54.4 Å². The van der Waals surface area contributed by atoms with Crippen molar-refractivity contribution in [3.05, 3.63) is 43.0 Å². The zero-order valence-corrected chi connectivity index (χ0v) is 17.9. The summed E-state index contributed by atoms with van der Waals surface area (Å²) in [4.78, 5) is 16.2. The molecule has 1 aliphatic heterocycles. The molecule has 0 radical (unpaired) electrons. The first-order valence-corrected chi connectivity index (χ1v) is 10.8. The van der Waals surface area contributed by atoms with E-state index in [1.807, 2.05) is 30.5 Å². The third-order valence-corrected chi connectivity index (χ3v) is 5.55. The van der Waals surface area contributed by atoms with E-state index in [2.05, 4.69) is 30.6 Å². The van der Waals surface area contributed by atoms with Crippen LogP contribution in [0.1, 0.15) is 12.8 Å². The highest BCUT2D eigenvalue weighted by Gasteiger charge is 2.15. The number of hydrogen-bond donors (Lipinski definition) is 3. The number of fused-ring (bicyclic) bond motifs is 2. The largest absolute Gasteiger partial charge is 0.493 e. The Balaban J connectivity index is 1.32. The Kier molecular flexibility index (Phi) is 6.00. The van der Waals surface area contributed by atoms with Crippen LogP contribution in [0, 0.1) is 0 Å². The van der Waals surface area contributed by atoms with Gasteiger partial charge >= 0.3 is 0 Å². The quantitative estimate of drug-likeness (QED) is 0.364. The molecule has 0 bridgehead atoms. The van der Waals surface area contributed by atoms with E-state index in [0.29, 0.717) is 35.8 Å². The van der Waals surface area contributed by atoms with Crippen LogP contribution in [-0.4, -0.2) is 59.3 Å². The molecule has 1 unspecified atom stereocenters. The highest BCUT2D eigenvalue weighted by molar-refractivity contribution is 5.87. The van der Waals surface area contributed by atoms with Crippen molar-refractivity contribution in [2.24, 2.45) is 0 Å². The molecule has 4 heterocycles. The molecule has 9 heteroatoms. The lowest BCUT2D eigenvalue weighted by molar-refractivity contribution is 0.274. The Morgan fingerprint density at radius 1 is 1.09 bits per heavy atom. The Hall–Kier alpha value is -3.43. The molecule has 1 saturated heterocycles. The number of hydrogen-bond acceptors (Lipinski definition) is 8. The zero-order chi connectivity index (χ0) is 21.8.